The van der Waals surface area contributed by atoms with Gasteiger partial charge in [-0.25, -0.2) is 9.78 Å². The van der Waals surface area contributed by atoms with Crippen molar-refractivity contribution >= 4 is 6.09 Å². The van der Waals surface area contributed by atoms with Gasteiger partial charge in [-0.05, 0) is 46.6 Å². The molecule has 0 spiro atoms. The van der Waals surface area contributed by atoms with Crippen LogP contribution in [0.1, 0.15) is 39.4 Å². The van der Waals surface area contributed by atoms with Crippen molar-refractivity contribution < 1.29 is 9.53 Å². The van der Waals surface area contributed by atoms with Crippen LogP contribution in [0.5, 0.6) is 0 Å². The predicted molar refractivity (Wildman–Crippen MR) is 90.3 cm³/mol. The molecule has 2 rings (SSSR count). The molecule has 2 heterocycles. The first kappa shape index (κ1) is 17.8. The standard InChI is InChI=1S/C17H30N4O2/c1-17(2,3)23-16(22)21-10-8-13(12-21)14(18-4)6-7-15-19-9-11-20(15)5/h9,11,13-14,18H,6-8,10,12H2,1-5H3. The van der Waals surface area contributed by atoms with Crippen LogP contribution in [0.2, 0.25) is 0 Å². The number of nitrogens with one attached hydrogen (secondary N) is 1. The second-order valence-corrected chi connectivity index (χ2v) is 7.36. The van der Waals surface area contributed by atoms with Crippen molar-refractivity contribution in [1.29, 1.82) is 0 Å². The van der Waals surface area contributed by atoms with Crippen LogP contribution in [-0.4, -0.2) is 52.3 Å². The molecule has 130 valence electrons. The number of carbonyl (C=O) groups is 1. The number of aryl methyl sites for hydroxylation is 2. The van der Waals surface area contributed by atoms with Crippen LogP contribution in [0.3, 0.4) is 0 Å². The summed E-state index contributed by atoms with van der Waals surface area (Å²) >= 11 is 0. The number of rotatable bonds is 5. The summed E-state index contributed by atoms with van der Waals surface area (Å²) in [6.07, 6.45) is 6.60. The molecule has 0 bridgehead atoms. The smallest absolute Gasteiger partial charge is 0.410 e. The first-order chi connectivity index (χ1) is 10.8. The van der Waals surface area contributed by atoms with Crippen LogP contribution in [0, 0.1) is 5.92 Å². The second kappa shape index (κ2) is 7.34. The topological polar surface area (TPSA) is 59.4 Å². The molecule has 1 saturated heterocycles. The van der Waals surface area contributed by atoms with Gasteiger partial charge in [-0.3, -0.25) is 0 Å². The summed E-state index contributed by atoms with van der Waals surface area (Å²) in [6.45, 7) is 7.26. The lowest BCUT2D eigenvalue weighted by Gasteiger charge is -2.26. The molecule has 1 aliphatic heterocycles. The molecular formula is C17H30N4O2. The zero-order valence-electron chi connectivity index (χ0n) is 15.0. The first-order valence-corrected chi connectivity index (χ1v) is 8.41. The van der Waals surface area contributed by atoms with Gasteiger partial charge in [-0.1, -0.05) is 0 Å². The van der Waals surface area contributed by atoms with E-state index >= 15 is 0 Å². The van der Waals surface area contributed by atoms with Gasteiger partial charge in [-0.2, -0.15) is 0 Å². The monoisotopic (exact) mass is 322 g/mol. The van der Waals surface area contributed by atoms with Gasteiger partial charge in [0.05, 0.1) is 0 Å². The third kappa shape index (κ3) is 4.96. The summed E-state index contributed by atoms with van der Waals surface area (Å²) in [5.74, 6) is 1.57. The van der Waals surface area contributed by atoms with Gasteiger partial charge in [-0.15, -0.1) is 0 Å². The van der Waals surface area contributed by atoms with Crippen molar-refractivity contribution in [3.8, 4) is 0 Å². The number of hydrogen-bond acceptors (Lipinski definition) is 4. The quantitative estimate of drug-likeness (QED) is 0.903. The summed E-state index contributed by atoms with van der Waals surface area (Å²) in [7, 11) is 4.02. The molecule has 1 amide bonds. The number of carbonyl (C=O) groups excluding carboxylic acids is 1. The maximum Gasteiger partial charge on any atom is 0.410 e. The van der Waals surface area contributed by atoms with Crippen LogP contribution >= 0.6 is 0 Å². The number of ether oxygens (including phenoxy) is 1. The molecular weight excluding hydrogens is 292 g/mol. The molecule has 0 radical (unpaired) electrons. The summed E-state index contributed by atoms with van der Waals surface area (Å²) in [6, 6.07) is 0.388. The minimum atomic E-state index is -0.435. The number of amides is 1. The third-order valence-electron chi connectivity index (χ3n) is 4.42. The summed E-state index contributed by atoms with van der Waals surface area (Å²) in [5, 5.41) is 3.42. The summed E-state index contributed by atoms with van der Waals surface area (Å²) in [5.41, 5.74) is -0.435. The van der Waals surface area contributed by atoms with Crippen molar-refractivity contribution in [2.24, 2.45) is 13.0 Å². The van der Waals surface area contributed by atoms with Gasteiger partial charge in [0.2, 0.25) is 0 Å². The van der Waals surface area contributed by atoms with E-state index in [1.54, 1.807) is 0 Å². The second-order valence-electron chi connectivity index (χ2n) is 7.36. The minimum absolute atomic E-state index is 0.195. The molecule has 1 aromatic rings. The fraction of sp³-hybridized carbons (Fsp3) is 0.765. The van der Waals surface area contributed by atoms with Crippen LogP contribution in [-0.2, 0) is 18.2 Å². The van der Waals surface area contributed by atoms with Crippen LogP contribution in [0.25, 0.3) is 0 Å². The Kier molecular flexibility index (Phi) is 5.68. The molecule has 6 nitrogen and oxygen atoms in total. The Balaban J connectivity index is 1.86. The first-order valence-electron chi connectivity index (χ1n) is 8.41. The maximum atomic E-state index is 12.2. The fourth-order valence-electron chi connectivity index (χ4n) is 3.15. The maximum absolute atomic E-state index is 12.2. The van der Waals surface area contributed by atoms with E-state index in [1.807, 2.05) is 52.2 Å². The summed E-state index contributed by atoms with van der Waals surface area (Å²) < 4.78 is 7.54. The molecule has 23 heavy (non-hydrogen) atoms. The van der Waals surface area contributed by atoms with E-state index in [1.165, 1.54) is 0 Å². The van der Waals surface area contributed by atoms with Crippen molar-refractivity contribution in [3.63, 3.8) is 0 Å². The number of nitrogens with zero attached hydrogens (tertiary/aromatic N) is 3. The van der Waals surface area contributed by atoms with E-state index in [0.29, 0.717) is 12.0 Å². The van der Waals surface area contributed by atoms with E-state index in [9.17, 15) is 4.79 Å². The van der Waals surface area contributed by atoms with Crippen molar-refractivity contribution in [1.82, 2.24) is 19.8 Å². The lowest BCUT2D eigenvalue weighted by molar-refractivity contribution is 0.0285. The Bertz CT molecular complexity index is 521. The van der Waals surface area contributed by atoms with Gasteiger partial charge in [0.1, 0.15) is 11.4 Å². The SMILES string of the molecule is CNC(CCc1nccn1C)C1CCN(C(=O)OC(C)(C)C)C1. The minimum Gasteiger partial charge on any atom is -0.444 e. The number of hydrogen-bond donors (Lipinski definition) is 1. The molecule has 0 aliphatic carbocycles. The largest absolute Gasteiger partial charge is 0.444 e. The Morgan fingerprint density at radius 3 is 2.83 bits per heavy atom. The van der Waals surface area contributed by atoms with Gasteiger partial charge in [0, 0.05) is 45.0 Å². The molecule has 2 unspecified atom stereocenters. The molecule has 0 aromatic carbocycles. The average molecular weight is 322 g/mol. The Morgan fingerprint density at radius 2 is 2.26 bits per heavy atom. The van der Waals surface area contributed by atoms with Crippen molar-refractivity contribution in [2.75, 3.05) is 20.1 Å². The molecule has 1 aromatic heterocycles. The van der Waals surface area contributed by atoms with E-state index in [0.717, 1.165) is 38.2 Å². The zero-order chi connectivity index (χ0) is 17.0. The lowest BCUT2D eigenvalue weighted by Crippen LogP contribution is -2.39. The number of likely N-dealkylation sites (tertiary alicyclic amines) is 1. The molecule has 0 saturated carbocycles. The zero-order valence-corrected chi connectivity index (χ0v) is 15.0. The summed E-state index contributed by atoms with van der Waals surface area (Å²) in [4.78, 5) is 18.4. The van der Waals surface area contributed by atoms with E-state index < -0.39 is 5.60 Å². The van der Waals surface area contributed by atoms with Gasteiger partial charge < -0.3 is 19.5 Å². The van der Waals surface area contributed by atoms with Crippen LogP contribution < -0.4 is 5.32 Å². The Morgan fingerprint density at radius 1 is 1.52 bits per heavy atom. The van der Waals surface area contributed by atoms with E-state index in [-0.39, 0.29) is 6.09 Å². The van der Waals surface area contributed by atoms with Crippen molar-refractivity contribution in [3.05, 3.63) is 18.2 Å². The Hall–Kier alpha value is -1.56. The molecule has 1 fully saturated rings. The van der Waals surface area contributed by atoms with Gasteiger partial charge >= 0.3 is 6.09 Å². The molecule has 2 atom stereocenters. The predicted octanol–water partition coefficient (Wildman–Crippen LogP) is 2.20. The fourth-order valence-corrected chi connectivity index (χ4v) is 3.15. The highest BCUT2D eigenvalue weighted by atomic mass is 16.6. The highest BCUT2D eigenvalue weighted by Gasteiger charge is 2.33. The van der Waals surface area contributed by atoms with Gasteiger partial charge in [0.15, 0.2) is 0 Å². The van der Waals surface area contributed by atoms with E-state index in [4.69, 9.17) is 4.74 Å². The lowest BCUT2D eigenvalue weighted by atomic mass is 9.95. The average Bonchev–Trinajstić information content (AvgIpc) is 3.08. The molecule has 6 heteroatoms. The van der Waals surface area contributed by atoms with Crippen LogP contribution in [0.4, 0.5) is 4.79 Å². The van der Waals surface area contributed by atoms with Gasteiger partial charge in [0.25, 0.3) is 0 Å². The van der Waals surface area contributed by atoms with Crippen LogP contribution in [0.15, 0.2) is 12.4 Å². The molecule has 1 N–H and O–H groups in total. The highest BCUT2D eigenvalue weighted by molar-refractivity contribution is 5.68. The Labute approximate surface area is 139 Å². The number of aromatic nitrogens is 2. The van der Waals surface area contributed by atoms with Crippen molar-refractivity contribution in [2.45, 2.75) is 51.7 Å². The third-order valence-corrected chi connectivity index (χ3v) is 4.42. The molecule has 1 aliphatic rings. The normalized spacial score (nSPS) is 19.9. The number of imidazole rings is 1. The highest BCUT2D eigenvalue weighted by Crippen LogP contribution is 2.24. The van der Waals surface area contributed by atoms with E-state index in [2.05, 4.69) is 14.9 Å².